The topological polar surface area (TPSA) is 76.1 Å². The van der Waals surface area contributed by atoms with Gasteiger partial charge in [-0.2, -0.15) is 0 Å². The second-order valence-electron chi connectivity index (χ2n) is 7.50. The first-order valence-corrected chi connectivity index (χ1v) is 10.6. The molecule has 0 aromatic heterocycles. The van der Waals surface area contributed by atoms with Crippen LogP contribution in [0.25, 0.3) is 0 Å². The molecule has 2 aliphatic rings. The Morgan fingerprint density at radius 3 is 2.29 bits per heavy atom. The van der Waals surface area contributed by atoms with E-state index in [4.69, 9.17) is 32.7 Å². The molecule has 1 aliphatic carbocycles. The van der Waals surface area contributed by atoms with Crippen molar-refractivity contribution in [2.75, 3.05) is 19.1 Å². The highest BCUT2D eigenvalue weighted by Gasteiger charge is 2.40. The molecule has 1 aliphatic heterocycles. The molecule has 31 heavy (non-hydrogen) atoms. The third-order valence-corrected chi connectivity index (χ3v) is 6.48. The van der Waals surface area contributed by atoms with E-state index in [9.17, 15) is 14.7 Å². The van der Waals surface area contributed by atoms with Crippen LogP contribution in [0.3, 0.4) is 0 Å². The minimum atomic E-state index is -0.460. The molecule has 0 bridgehead atoms. The van der Waals surface area contributed by atoms with Gasteiger partial charge in [-0.05, 0) is 48.7 Å². The van der Waals surface area contributed by atoms with Crippen LogP contribution in [0.4, 0.5) is 5.69 Å². The van der Waals surface area contributed by atoms with E-state index in [1.165, 1.54) is 14.2 Å². The summed E-state index contributed by atoms with van der Waals surface area (Å²) in [4.78, 5) is 27.9. The molecule has 6 nitrogen and oxygen atoms in total. The zero-order chi connectivity index (χ0) is 22.3. The lowest BCUT2D eigenvalue weighted by atomic mass is 9.77. The van der Waals surface area contributed by atoms with Gasteiger partial charge in [-0.25, -0.2) is 0 Å². The molecule has 1 heterocycles. The summed E-state index contributed by atoms with van der Waals surface area (Å²) in [6, 6.07) is 8.30. The summed E-state index contributed by atoms with van der Waals surface area (Å²) in [5, 5.41) is 11.0. The minimum Gasteiger partial charge on any atom is -0.502 e. The van der Waals surface area contributed by atoms with Crippen LogP contribution in [0.1, 0.15) is 37.2 Å². The quantitative estimate of drug-likeness (QED) is 0.673. The monoisotopic (exact) mass is 461 g/mol. The predicted octanol–water partition coefficient (Wildman–Crippen LogP) is 5.24. The van der Waals surface area contributed by atoms with Gasteiger partial charge < -0.3 is 14.6 Å². The molecule has 1 N–H and O–H groups in total. The van der Waals surface area contributed by atoms with Crippen molar-refractivity contribution in [1.82, 2.24) is 0 Å². The fourth-order valence-electron chi connectivity index (χ4n) is 4.32. The number of hydrogen-bond acceptors (Lipinski definition) is 5. The molecule has 0 saturated carbocycles. The molecule has 0 radical (unpaired) electrons. The highest BCUT2D eigenvalue weighted by atomic mass is 35.5. The minimum absolute atomic E-state index is 0.00909. The van der Waals surface area contributed by atoms with Gasteiger partial charge in [-0.1, -0.05) is 23.2 Å². The number of methoxy groups -OCH3 is 2. The average Bonchev–Trinajstić information content (AvgIpc) is 2.75. The van der Waals surface area contributed by atoms with Crippen LogP contribution < -0.4 is 14.4 Å². The number of phenols is 1. The number of ether oxygens (including phenoxy) is 2. The Morgan fingerprint density at radius 2 is 1.68 bits per heavy atom. The van der Waals surface area contributed by atoms with Crippen molar-refractivity contribution in [2.24, 2.45) is 0 Å². The van der Waals surface area contributed by atoms with Crippen molar-refractivity contribution in [3.63, 3.8) is 0 Å². The number of Topliss-reactive ketones (excluding diaryl/α,β-unsaturated/α-hetero) is 1. The second-order valence-corrected chi connectivity index (χ2v) is 8.31. The first-order chi connectivity index (χ1) is 14.8. The lowest BCUT2D eigenvalue weighted by Gasteiger charge is -2.38. The Morgan fingerprint density at radius 1 is 1.00 bits per heavy atom. The van der Waals surface area contributed by atoms with Crippen LogP contribution in [0.2, 0.25) is 10.0 Å². The summed E-state index contributed by atoms with van der Waals surface area (Å²) < 4.78 is 10.5. The fraction of sp³-hybridized carbons (Fsp3) is 0.304. The van der Waals surface area contributed by atoms with Gasteiger partial charge in [-0.15, -0.1) is 0 Å². The SMILES string of the molecule is COc1cc(C2CC(=O)N(c3ccc(Cl)c(Cl)c3)C3=C2C(=O)CCC3)cc(OC)c1O. The highest BCUT2D eigenvalue weighted by molar-refractivity contribution is 6.42. The third-order valence-electron chi connectivity index (χ3n) is 5.74. The molecule has 1 amide bonds. The number of carbonyl (C=O) groups excluding carboxylic acids is 2. The summed E-state index contributed by atoms with van der Waals surface area (Å²) in [5.74, 6) is -0.286. The third kappa shape index (κ3) is 3.75. The first-order valence-electron chi connectivity index (χ1n) is 9.84. The maximum absolute atomic E-state index is 13.3. The summed E-state index contributed by atoms with van der Waals surface area (Å²) in [6.07, 6.45) is 1.76. The van der Waals surface area contributed by atoms with Crippen LogP contribution in [0, 0.1) is 0 Å². The number of hydrogen-bond donors (Lipinski definition) is 1. The lowest BCUT2D eigenvalue weighted by molar-refractivity contribution is -0.119. The molecule has 4 rings (SSSR count). The van der Waals surface area contributed by atoms with E-state index in [1.54, 1.807) is 35.2 Å². The highest BCUT2D eigenvalue weighted by Crippen LogP contribution is 2.47. The number of carbonyl (C=O) groups is 2. The van der Waals surface area contributed by atoms with Crippen molar-refractivity contribution in [1.29, 1.82) is 0 Å². The van der Waals surface area contributed by atoms with Crippen molar-refractivity contribution in [3.8, 4) is 17.2 Å². The van der Waals surface area contributed by atoms with E-state index in [0.717, 1.165) is 0 Å². The van der Waals surface area contributed by atoms with Crippen molar-refractivity contribution in [2.45, 2.75) is 31.6 Å². The van der Waals surface area contributed by atoms with Crippen LogP contribution in [0.5, 0.6) is 17.2 Å². The largest absolute Gasteiger partial charge is 0.502 e. The Balaban J connectivity index is 1.88. The standard InChI is InChI=1S/C23H21Cl2NO5/c1-30-19-8-12(9-20(31-2)23(19)29)14-11-21(28)26(13-6-7-15(24)16(25)10-13)17-4-3-5-18(27)22(14)17/h6-10,14,29H,3-5,11H2,1-2H3. The maximum Gasteiger partial charge on any atom is 0.232 e. The van der Waals surface area contributed by atoms with E-state index < -0.39 is 5.92 Å². The number of rotatable bonds is 4. The van der Waals surface area contributed by atoms with Crippen LogP contribution in [0.15, 0.2) is 41.6 Å². The Bertz CT molecular complexity index is 1090. The van der Waals surface area contributed by atoms with E-state index in [2.05, 4.69) is 0 Å². The lowest BCUT2D eigenvalue weighted by Crippen LogP contribution is -2.40. The predicted molar refractivity (Wildman–Crippen MR) is 118 cm³/mol. The van der Waals surface area contributed by atoms with Gasteiger partial charge in [0.1, 0.15) is 0 Å². The Hall–Kier alpha value is -2.70. The van der Waals surface area contributed by atoms with E-state index in [-0.39, 0.29) is 35.4 Å². The molecule has 0 saturated heterocycles. The van der Waals surface area contributed by atoms with E-state index in [1.807, 2.05) is 0 Å². The number of ketones is 1. The van der Waals surface area contributed by atoms with Crippen LogP contribution in [-0.2, 0) is 9.59 Å². The normalized spacial score (nSPS) is 18.8. The maximum atomic E-state index is 13.3. The molecular weight excluding hydrogens is 441 g/mol. The number of halogens is 2. The van der Waals surface area contributed by atoms with Gasteiger partial charge in [-0.3, -0.25) is 14.5 Å². The summed E-state index contributed by atoms with van der Waals surface area (Å²) in [7, 11) is 2.87. The molecule has 8 heteroatoms. The number of phenolic OH excluding ortho intramolecular Hbond substituents is 1. The van der Waals surface area contributed by atoms with Gasteiger partial charge in [0.05, 0.1) is 30.0 Å². The number of aromatic hydroxyl groups is 1. The van der Waals surface area contributed by atoms with Crippen molar-refractivity contribution in [3.05, 3.63) is 57.2 Å². The summed E-state index contributed by atoms with van der Waals surface area (Å²) >= 11 is 12.2. The van der Waals surface area contributed by atoms with Gasteiger partial charge in [0, 0.05) is 30.0 Å². The number of benzene rings is 2. The van der Waals surface area contributed by atoms with Gasteiger partial charge in [0.25, 0.3) is 0 Å². The van der Waals surface area contributed by atoms with E-state index in [0.29, 0.717) is 51.8 Å². The Labute approximate surface area is 190 Å². The molecule has 1 atom stereocenters. The molecule has 1 unspecified atom stereocenters. The zero-order valence-electron chi connectivity index (χ0n) is 17.1. The molecule has 2 aromatic rings. The smallest absolute Gasteiger partial charge is 0.232 e. The Kier molecular flexibility index (Phi) is 5.86. The molecule has 162 valence electrons. The van der Waals surface area contributed by atoms with Crippen LogP contribution >= 0.6 is 23.2 Å². The van der Waals surface area contributed by atoms with Crippen LogP contribution in [-0.4, -0.2) is 31.0 Å². The number of nitrogens with zero attached hydrogens (tertiary/aromatic N) is 1. The second kappa shape index (κ2) is 8.44. The van der Waals surface area contributed by atoms with Crippen molar-refractivity contribution >= 4 is 40.6 Å². The molecular formula is C23H21Cl2NO5. The average molecular weight is 462 g/mol. The van der Waals surface area contributed by atoms with Gasteiger partial charge in [0.2, 0.25) is 11.7 Å². The molecule has 2 aromatic carbocycles. The summed E-state index contributed by atoms with van der Waals surface area (Å²) in [5.41, 5.74) is 2.55. The number of amides is 1. The zero-order valence-corrected chi connectivity index (χ0v) is 18.6. The first kappa shape index (κ1) is 21.5. The summed E-state index contributed by atoms with van der Waals surface area (Å²) in [6.45, 7) is 0. The van der Waals surface area contributed by atoms with Gasteiger partial charge in [0.15, 0.2) is 17.3 Å². The fourth-order valence-corrected chi connectivity index (χ4v) is 4.61. The van der Waals surface area contributed by atoms with Gasteiger partial charge >= 0.3 is 0 Å². The molecule has 0 fully saturated rings. The number of anilines is 1. The molecule has 0 spiro atoms. The van der Waals surface area contributed by atoms with Crippen molar-refractivity contribution < 1.29 is 24.2 Å². The van der Waals surface area contributed by atoms with E-state index >= 15 is 0 Å². The number of allylic oxidation sites excluding steroid dienone is 2.